The van der Waals surface area contributed by atoms with Gasteiger partial charge < -0.3 is 4.90 Å². The Bertz CT molecular complexity index is 1240. The molecule has 0 aliphatic carbocycles. The second-order valence-electron chi connectivity index (χ2n) is 8.11. The minimum atomic E-state index is -0.605. The van der Waals surface area contributed by atoms with E-state index in [9.17, 15) is 14.4 Å². The molecular weight excluding hydrogens is 474 g/mol. The zero-order valence-electron chi connectivity index (χ0n) is 17.1. The molecule has 2 aromatic carbocycles. The number of nitrogens with one attached hydrogen (secondary N) is 1. The molecule has 3 aromatic rings. The number of carbonyl (C=O) groups excluding carboxylic acids is 3. The molecule has 2 aliphatic heterocycles. The molecule has 5 rings (SSSR count). The Morgan fingerprint density at radius 2 is 1.97 bits per heavy atom. The number of carbonyl (C=O) groups is 3. The van der Waals surface area contributed by atoms with Gasteiger partial charge in [-0.15, -0.1) is 5.10 Å². The predicted molar refractivity (Wildman–Crippen MR) is 119 cm³/mol. The van der Waals surface area contributed by atoms with Gasteiger partial charge in [0.1, 0.15) is 6.04 Å². The highest BCUT2D eigenvalue weighted by Gasteiger charge is 2.39. The van der Waals surface area contributed by atoms with Gasteiger partial charge in [0.15, 0.2) is 0 Å². The topological polar surface area (TPSA) is 97.2 Å². The first-order valence-corrected chi connectivity index (χ1v) is 11.2. The first-order chi connectivity index (χ1) is 15.5. The Balaban J connectivity index is 1.28. The second kappa shape index (κ2) is 8.31. The van der Waals surface area contributed by atoms with E-state index in [-0.39, 0.29) is 18.2 Å². The van der Waals surface area contributed by atoms with Crippen LogP contribution in [0, 0.1) is 0 Å². The van der Waals surface area contributed by atoms with E-state index in [0.717, 1.165) is 26.9 Å². The molecule has 9 heteroatoms. The SMILES string of the molecule is O=C1CCC(N2Cc3cc(Cn4cc(Cc5cccc(Br)c5)nn4)ccc3C2=O)C(=O)N1. The maximum absolute atomic E-state index is 12.8. The summed E-state index contributed by atoms with van der Waals surface area (Å²) in [4.78, 5) is 38.0. The fourth-order valence-corrected chi connectivity index (χ4v) is 4.71. The first-order valence-electron chi connectivity index (χ1n) is 10.4. The van der Waals surface area contributed by atoms with E-state index >= 15 is 0 Å². The van der Waals surface area contributed by atoms with Crippen molar-refractivity contribution in [3.05, 3.63) is 81.1 Å². The number of hydrogen-bond donors (Lipinski definition) is 1. The number of halogens is 1. The molecule has 0 bridgehead atoms. The largest absolute Gasteiger partial charge is 0.322 e. The standard InChI is InChI=1S/C23H20BrN5O3/c24-17-3-1-2-14(9-17)10-18-13-28(27-26-18)11-15-4-5-19-16(8-15)12-29(23(19)32)20-6-7-21(30)25-22(20)31/h1-5,8-9,13,20H,6-7,10-12H2,(H,25,30,31). The lowest BCUT2D eigenvalue weighted by Gasteiger charge is -2.29. The van der Waals surface area contributed by atoms with Gasteiger partial charge in [-0.05, 0) is 41.3 Å². The summed E-state index contributed by atoms with van der Waals surface area (Å²) in [7, 11) is 0. The van der Waals surface area contributed by atoms with Gasteiger partial charge in [0, 0.05) is 35.6 Å². The number of imide groups is 1. The summed E-state index contributed by atoms with van der Waals surface area (Å²) in [6.07, 6.45) is 3.22. The zero-order valence-corrected chi connectivity index (χ0v) is 18.7. The molecule has 1 saturated heterocycles. The Morgan fingerprint density at radius 1 is 1.09 bits per heavy atom. The number of hydrogen-bond acceptors (Lipinski definition) is 5. The summed E-state index contributed by atoms with van der Waals surface area (Å²) in [5, 5.41) is 10.8. The van der Waals surface area contributed by atoms with Crippen molar-refractivity contribution in [3.63, 3.8) is 0 Å². The summed E-state index contributed by atoms with van der Waals surface area (Å²) in [5.74, 6) is -0.855. The number of aromatic nitrogens is 3. The summed E-state index contributed by atoms with van der Waals surface area (Å²) in [6, 6.07) is 13.2. The van der Waals surface area contributed by atoms with Gasteiger partial charge in [-0.3, -0.25) is 19.7 Å². The van der Waals surface area contributed by atoms with Crippen molar-refractivity contribution in [1.29, 1.82) is 0 Å². The molecule has 3 amide bonds. The average molecular weight is 494 g/mol. The number of nitrogens with zero attached hydrogens (tertiary/aromatic N) is 4. The minimum Gasteiger partial charge on any atom is -0.322 e. The summed E-state index contributed by atoms with van der Waals surface area (Å²) in [5.41, 5.74) is 4.51. The van der Waals surface area contributed by atoms with Crippen molar-refractivity contribution in [3.8, 4) is 0 Å². The number of rotatable bonds is 5. The Hall–Kier alpha value is -3.33. The quantitative estimate of drug-likeness (QED) is 0.550. The van der Waals surface area contributed by atoms with Gasteiger partial charge in [0.2, 0.25) is 11.8 Å². The molecule has 1 fully saturated rings. The van der Waals surface area contributed by atoms with Crippen molar-refractivity contribution < 1.29 is 14.4 Å². The van der Waals surface area contributed by atoms with Gasteiger partial charge in [-0.1, -0.05) is 45.4 Å². The van der Waals surface area contributed by atoms with Crippen molar-refractivity contribution in [2.24, 2.45) is 0 Å². The Kier molecular flexibility index (Phi) is 5.34. The predicted octanol–water partition coefficient (Wildman–Crippen LogP) is 2.44. The fourth-order valence-electron chi connectivity index (χ4n) is 4.27. The van der Waals surface area contributed by atoms with E-state index in [1.54, 1.807) is 15.6 Å². The van der Waals surface area contributed by atoms with Crippen LogP contribution in [-0.2, 0) is 29.1 Å². The molecule has 0 radical (unpaired) electrons. The summed E-state index contributed by atoms with van der Waals surface area (Å²) < 4.78 is 2.81. The molecule has 1 atom stereocenters. The number of benzene rings is 2. The van der Waals surface area contributed by atoms with E-state index < -0.39 is 11.9 Å². The highest BCUT2D eigenvalue weighted by Crippen LogP contribution is 2.28. The van der Waals surface area contributed by atoms with Crippen LogP contribution in [0.2, 0.25) is 0 Å². The van der Waals surface area contributed by atoms with Crippen LogP contribution >= 0.6 is 15.9 Å². The van der Waals surface area contributed by atoms with Crippen LogP contribution in [0.25, 0.3) is 0 Å². The van der Waals surface area contributed by atoms with Crippen molar-refractivity contribution >= 4 is 33.7 Å². The first kappa shape index (κ1) is 20.6. The van der Waals surface area contributed by atoms with Crippen molar-refractivity contribution in [2.45, 2.75) is 38.4 Å². The average Bonchev–Trinajstić information content (AvgIpc) is 3.32. The lowest BCUT2D eigenvalue weighted by Crippen LogP contribution is -2.52. The smallest absolute Gasteiger partial charge is 0.255 e. The molecule has 2 aliphatic rings. The van der Waals surface area contributed by atoms with E-state index in [4.69, 9.17) is 0 Å². The number of fused-ring (bicyclic) bond motifs is 1. The highest BCUT2D eigenvalue weighted by molar-refractivity contribution is 9.10. The van der Waals surface area contributed by atoms with Crippen molar-refractivity contribution in [2.75, 3.05) is 0 Å². The molecule has 0 spiro atoms. The lowest BCUT2D eigenvalue weighted by molar-refractivity contribution is -0.136. The van der Waals surface area contributed by atoms with Crippen LogP contribution in [0.15, 0.2) is 53.1 Å². The van der Waals surface area contributed by atoms with Gasteiger partial charge in [0.25, 0.3) is 5.91 Å². The van der Waals surface area contributed by atoms with Crippen LogP contribution in [0.3, 0.4) is 0 Å². The van der Waals surface area contributed by atoms with Gasteiger partial charge in [-0.2, -0.15) is 0 Å². The molecular formula is C23H20BrN5O3. The molecule has 1 aromatic heterocycles. The molecule has 32 heavy (non-hydrogen) atoms. The van der Waals surface area contributed by atoms with E-state index in [0.29, 0.717) is 31.5 Å². The number of piperidine rings is 1. The van der Waals surface area contributed by atoms with Crippen LogP contribution in [0.4, 0.5) is 0 Å². The Morgan fingerprint density at radius 3 is 2.78 bits per heavy atom. The number of amides is 3. The highest BCUT2D eigenvalue weighted by atomic mass is 79.9. The van der Waals surface area contributed by atoms with Crippen LogP contribution < -0.4 is 5.32 Å². The molecule has 1 unspecified atom stereocenters. The Labute approximate surface area is 192 Å². The summed E-state index contributed by atoms with van der Waals surface area (Å²) >= 11 is 3.48. The third-order valence-electron chi connectivity index (χ3n) is 5.79. The maximum atomic E-state index is 12.8. The third-order valence-corrected chi connectivity index (χ3v) is 6.29. The molecule has 8 nitrogen and oxygen atoms in total. The van der Waals surface area contributed by atoms with E-state index in [1.165, 1.54) is 0 Å². The minimum absolute atomic E-state index is 0.168. The van der Waals surface area contributed by atoms with Crippen molar-refractivity contribution in [1.82, 2.24) is 25.2 Å². The lowest BCUT2D eigenvalue weighted by atomic mass is 10.0. The van der Waals surface area contributed by atoms with E-state index in [1.807, 2.05) is 30.5 Å². The monoisotopic (exact) mass is 493 g/mol. The zero-order chi connectivity index (χ0) is 22.2. The van der Waals surface area contributed by atoms with Crippen LogP contribution in [0.5, 0.6) is 0 Å². The van der Waals surface area contributed by atoms with Gasteiger partial charge >= 0.3 is 0 Å². The molecule has 162 valence electrons. The summed E-state index contributed by atoms with van der Waals surface area (Å²) in [6.45, 7) is 0.894. The van der Waals surface area contributed by atoms with Gasteiger partial charge in [0.05, 0.1) is 12.2 Å². The molecule has 0 saturated carbocycles. The molecule has 3 heterocycles. The maximum Gasteiger partial charge on any atom is 0.255 e. The third kappa shape index (κ3) is 4.08. The van der Waals surface area contributed by atoms with E-state index in [2.05, 4.69) is 43.7 Å². The fraction of sp³-hybridized carbons (Fsp3) is 0.261. The van der Waals surface area contributed by atoms with Crippen LogP contribution in [0.1, 0.15) is 45.6 Å². The normalized spacial score (nSPS) is 18.1. The second-order valence-corrected chi connectivity index (χ2v) is 9.02. The van der Waals surface area contributed by atoms with Crippen LogP contribution in [-0.4, -0.2) is 43.7 Å². The van der Waals surface area contributed by atoms with Gasteiger partial charge in [-0.25, -0.2) is 4.68 Å². The molecule has 1 N–H and O–H groups in total.